The zero-order valence-corrected chi connectivity index (χ0v) is 25.8. The third kappa shape index (κ3) is 9.02. The number of amides is 2. The summed E-state index contributed by atoms with van der Waals surface area (Å²) in [5.74, 6) is -1.01. The van der Waals surface area contributed by atoms with Gasteiger partial charge in [-0.15, -0.1) is 0 Å². The number of nitrogens with one attached hydrogen (secondary N) is 1. The van der Waals surface area contributed by atoms with Crippen LogP contribution in [0.25, 0.3) is 0 Å². The van der Waals surface area contributed by atoms with Gasteiger partial charge < -0.3 is 15.0 Å². The molecule has 3 aromatic rings. The molecule has 230 valence electrons. The predicted molar refractivity (Wildman–Crippen MR) is 165 cm³/mol. The van der Waals surface area contributed by atoms with Gasteiger partial charge in [-0.1, -0.05) is 67.1 Å². The molecular formula is C31H38N4O7S. The predicted octanol–water partition coefficient (Wildman–Crippen LogP) is 4.23. The van der Waals surface area contributed by atoms with Crippen LogP contribution in [0, 0.1) is 17.0 Å². The molecule has 0 aromatic heterocycles. The van der Waals surface area contributed by atoms with Crippen LogP contribution < -0.4 is 14.4 Å². The highest BCUT2D eigenvalue weighted by molar-refractivity contribution is 7.92. The van der Waals surface area contributed by atoms with E-state index in [9.17, 15) is 28.1 Å². The second kappa shape index (κ2) is 14.6. The highest BCUT2D eigenvalue weighted by Gasteiger charge is 2.34. The lowest BCUT2D eigenvalue weighted by Crippen LogP contribution is -2.54. The van der Waals surface area contributed by atoms with Crippen LogP contribution in [0.5, 0.6) is 5.75 Å². The molecule has 2 amide bonds. The maximum absolute atomic E-state index is 14.2. The molecule has 0 bridgehead atoms. The number of anilines is 1. The van der Waals surface area contributed by atoms with Gasteiger partial charge in [0.25, 0.3) is 5.69 Å². The smallest absolute Gasteiger partial charge is 0.271 e. The lowest BCUT2D eigenvalue weighted by Gasteiger charge is -2.34. The largest absolute Gasteiger partial charge is 0.495 e. The fourth-order valence-electron chi connectivity index (χ4n) is 4.58. The van der Waals surface area contributed by atoms with Crippen LogP contribution in [0.3, 0.4) is 0 Å². The highest BCUT2D eigenvalue weighted by Crippen LogP contribution is 2.34. The van der Waals surface area contributed by atoms with Gasteiger partial charge in [0.2, 0.25) is 21.8 Å². The molecule has 0 aliphatic heterocycles. The van der Waals surface area contributed by atoms with Crippen molar-refractivity contribution < 1.29 is 27.7 Å². The van der Waals surface area contributed by atoms with Crippen LogP contribution in [-0.4, -0.2) is 62.0 Å². The van der Waals surface area contributed by atoms with Gasteiger partial charge in [-0.25, -0.2) is 8.42 Å². The Kier molecular flexibility index (Phi) is 11.2. The van der Waals surface area contributed by atoms with E-state index in [1.165, 1.54) is 24.1 Å². The quantitative estimate of drug-likeness (QED) is 0.213. The van der Waals surface area contributed by atoms with E-state index in [4.69, 9.17) is 4.74 Å². The third-order valence-corrected chi connectivity index (χ3v) is 8.16. The van der Waals surface area contributed by atoms with Crippen molar-refractivity contribution in [3.05, 3.63) is 99.6 Å². The van der Waals surface area contributed by atoms with Crippen LogP contribution in [0.1, 0.15) is 37.0 Å². The van der Waals surface area contributed by atoms with E-state index in [1.54, 1.807) is 0 Å². The molecule has 1 N–H and O–H groups in total. The van der Waals surface area contributed by atoms with E-state index in [0.717, 1.165) is 33.3 Å². The third-order valence-electron chi connectivity index (χ3n) is 7.03. The number of rotatable bonds is 14. The van der Waals surface area contributed by atoms with Crippen molar-refractivity contribution in [2.75, 3.05) is 24.2 Å². The summed E-state index contributed by atoms with van der Waals surface area (Å²) >= 11 is 0. The summed E-state index contributed by atoms with van der Waals surface area (Å²) in [5.41, 5.74) is 1.98. The lowest BCUT2D eigenvalue weighted by atomic mass is 10.0. The van der Waals surface area contributed by atoms with Crippen molar-refractivity contribution in [2.45, 2.75) is 52.2 Å². The van der Waals surface area contributed by atoms with E-state index < -0.39 is 33.4 Å². The maximum Gasteiger partial charge on any atom is 0.271 e. The SMILES string of the molecule is CC[C@@H](C)NC(=O)[C@H](Cc1ccccc1)N(Cc1cccc(C)c1)C(=O)CN(c1cc([N+](=O)[O-])ccc1OC)S(C)(=O)=O. The van der Waals surface area contributed by atoms with Gasteiger partial charge in [-0.3, -0.25) is 24.0 Å². The fourth-order valence-corrected chi connectivity index (χ4v) is 5.43. The molecule has 12 heteroatoms. The number of ether oxygens (including phenoxy) is 1. The second-order valence-electron chi connectivity index (χ2n) is 10.4. The minimum absolute atomic E-state index is 0.0234. The molecule has 0 heterocycles. The molecule has 3 aromatic carbocycles. The van der Waals surface area contributed by atoms with Crippen LogP contribution in [-0.2, 0) is 32.6 Å². The van der Waals surface area contributed by atoms with Crippen molar-refractivity contribution in [3.8, 4) is 5.75 Å². The molecule has 11 nitrogen and oxygen atoms in total. The molecule has 43 heavy (non-hydrogen) atoms. The van der Waals surface area contributed by atoms with Gasteiger partial charge in [0.05, 0.1) is 18.3 Å². The molecular weight excluding hydrogens is 572 g/mol. The average molecular weight is 611 g/mol. The first-order valence-corrected chi connectivity index (χ1v) is 15.7. The number of hydrogen-bond acceptors (Lipinski definition) is 7. The number of hydrogen-bond donors (Lipinski definition) is 1. The van der Waals surface area contributed by atoms with Crippen molar-refractivity contribution >= 4 is 33.2 Å². The highest BCUT2D eigenvalue weighted by atomic mass is 32.2. The second-order valence-corrected chi connectivity index (χ2v) is 12.3. The topological polar surface area (TPSA) is 139 Å². The first-order chi connectivity index (χ1) is 20.3. The lowest BCUT2D eigenvalue weighted by molar-refractivity contribution is -0.384. The molecule has 3 rings (SSSR count). The number of methoxy groups -OCH3 is 1. The average Bonchev–Trinajstić information content (AvgIpc) is 2.97. The van der Waals surface area contributed by atoms with Crippen LogP contribution in [0.4, 0.5) is 11.4 Å². The Bertz CT molecular complexity index is 1550. The number of non-ortho nitro benzene ring substituents is 1. The minimum atomic E-state index is -4.15. The minimum Gasteiger partial charge on any atom is -0.495 e. The number of carbonyl (C=O) groups excluding carboxylic acids is 2. The number of aryl methyl sites for hydroxylation is 1. The van der Waals surface area contributed by atoms with Crippen molar-refractivity contribution in [1.29, 1.82) is 0 Å². The summed E-state index contributed by atoms with van der Waals surface area (Å²) in [4.78, 5) is 40.2. The molecule has 0 aliphatic carbocycles. The fraction of sp³-hybridized carbons (Fsp3) is 0.355. The molecule has 0 unspecified atom stereocenters. The van der Waals surface area contributed by atoms with Crippen molar-refractivity contribution in [1.82, 2.24) is 10.2 Å². The Hall–Kier alpha value is -4.45. The van der Waals surface area contributed by atoms with E-state index >= 15 is 0 Å². The van der Waals surface area contributed by atoms with Crippen LogP contribution >= 0.6 is 0 Å². The standard InChI is InChI=1S/C31H38N4O7S/c1-6-23(3)32-31(37)28(18-24-12-8-7-9-13-24)33(20-25-14-10-11-22(2)17-25)30(36)21-34(43(5,40)41)27-19-26(35(38)39)15-16-29(27)42-4/h7-17,19,23,28H,6,18,20-21H2,1-5H3,(H,32,37)/t23-,28+/m1/s1. The van der Waals surface area contributed by atoms with Gasteiger partial charge >= 0.3 is 0 Å². The molecule has 2 atom stereocenters. The van der Waals surface area contributed by atoms with Crippen molar-refractivity contribution in [3.63, 3.8) is 0 Å². The molecule has 0 aliphatic rings. The zero-order chi connectivity index (χ0) is 31.7. The number of carbonyl (C=O) groups is 2. The van der Waals surface area contributed by atoms with Gasteiger partial charge in [-0.2, -0.15) is 0 Å². The van der Waals surface area contributed by atoms with Crippen molar-refractivity contribution in [2.24, 2.45) is 0 Å². The zero-order valence-electron chi connectivity index (χ0n) is 25.0. The van der Waals surface area contributed by atoms with Gasteiger partial charge in [-0.05, 0) is 37.5 Å². The van der Waals surface area contributed by atoms with E-state index in [-0.39, 0.29) is 42.0 Å². The first kappa shape index (κ1) is 33.1. The normalized spacial score (nSPS) is 12.6. The summed E-state index contributed by atoms with van der Waals surface area (Å²) in [6.07, 6.45) is 1.75. The van der Waals surface area contributed by atoms with Crippen LogP contribution in [0.2, 0.25) is 0 Å². The Balaban J connectivity index is 2.13. The van der Waals surface area contributed by atoms with E-state index in [1.807, 2.05) is 75.4 Å². The summed E-state index contributed by atoms with van der Waals surface area (Å²) in [7, 11) is -2.85. The number of nitro groups is 1. The summed E-state index contributed by atoms with van der Waals surface area (Å²) < 4.78 is 32.2. The monoisotopic (exact) mass is 610 g/mol. The number of benzene rings is 3. The molecule has 0 spiro atoms. The molecule has 0 saturated heterocycles. The summed E-state index contributed by atoms with van der Waals surface area (Å²) in [5, 5.41) is 14.5. The molecule has 0 fully saturated rings. The number of sulfonamides is 1. The Morgan fingerprint density at radius 2 is 1.70 bits per heavy atom. The van der Waals surface area contributed by atoms with E-state index in [0.29, 0.717) is 6.42 Å². The van der Waals surface area contributed by atoms with E-state index in [2.05, 4.69) is 5.32 Å². The van der Waals surface area contributed by atoms with Crippen LogP contribution in [0.15, 0.2) is 72.8 Å². The maximum atomic E-state index is 14.2. The Morgan fingerprint density at radius 3 is 2.28 bits per heavy atom. The molecule has 0 saturated carbocycles. The molecule has 0 radical (unpaired) electrons. The summed E-state index contributed by atoms with van der Waals surface area (Å²) in [6.45, 7) is 5.01. The van der Waals surface area contributed by atoms with Gasteiger partial charge in [0.1, 0.15) is 24.0 Å². The number of nitrogens with zero attached hydrogens (tertiary/aromatic N) is 3. The van der Waals surface area contributed by atoms with Gasteiger partial charge in [0.15, 0.2) is 0 Å². The summed E-state index contributed by atoms with van der Waals surface area (Å²) in [6, 6.07) is 19.1. The van der Waals surface area contributed by atoms with Gasteiger partial charge in [0, 0.05) is 31.1 Å². The number of nitro benzene ring substituents is 1. The Labute approximate surface area is 252 Å². The first-order valence-electron chi connectivity index (χ1n) is 13.8. The Morgan fingerprint density at radius 1 is 1.02 bits per heavy atom.